The second kappa shape index (κ2) is 10.7. The van der Waals surface area contributed by atoms with Gasteiger partial charge in [-0.1, -0.05) is 33.1 Å². The van der Waals surface area contributed by atoms with E-state index >= 15 is 0 Å². The number of nitrogens with one attached hydrogen (secondary N) is 1. The lowest BCUT2D eigenvalue weighted by Gasteiger charge is -2.29. The summed E-state index contributed by atoms with van der Waals surface area (Å²) in [4.78, 5) is 12.9. The molecule has 1 atom stereocenters. The first-order chi connectivity index (χ1) is 13.0. The molecule has 2 rings (SSSR count). The Kier molecular flexibility index (Phi) is 8.62. The average molecular weight is 376 g/mol. The van der Waals surface area contributed by atoms with Gasteiger partial charge in [0.15, 0.2) is 0 Å². The van der Waals surface area contributed by atoms with Gasteiger partial charge in [0.1, 0.15) is 11.4 Å². The molecule has 0 saturated heterocycles. The predicted octanol–water partition coefficient (Wildman–Crippen LogP) is 6.02. The van der Waals surface area contributed by atoms with Gasteiger partial charge in [-0.05, 0) is 76.1 Å². The van der Waals surface area contributed by atoms with Crippen LogP contribution in [0.5, 0.6) is 5.75 Å². The smallest absolute Gasteiger partial charge is 0.256 e. The molecule has 4 heteroatoms. The highest BCUT2D eigenvalue weighted by atomic mass is 16.5. The van der Waals surface area contributed by atoms with Gasteiger partial charge in [-0.25, -0.2) is 0 Å². The molecule has 1 amide bonds. The van der Waals surface area contributed by atoms with Gasteiger partial charge < -0.3 is 14.8 Å². The van der Waals surface area contributed by atoms with Gasteiger partial charge in [-0.3, -0.25) is 4.79 Å². The average Bonchev–Trinajstić information content (AvgIpc) is 3.15. The Bertz CT molecular complexity index is 595. The van der Waals surface area contributed by atoms with Gasteiger partial charge in [-0.15, -0.1) is 0 Å². The van der Waals surface area contributed by atoms with Crippen LogP contribution in [0, 0.1) is 6.92 Å². The zero-order valence-corrected chi connectivity index (χ0v) is 17.6. The van der Waals surface area contributed by atoms with Crippen LogP contribution in [0.2, 0.25) is 0 Å². The monoisotopic (exact) mass is 375 g/mol. The zero-order chi connectivity index (χ0) is 19.7. The van der Waals surface area contributed by atoms with Crippen LogP contribution in [0.4, 0.5) is 5.69 Å². The van der Waals surface area contributed by atoms with Crippen molar-refractivity contribution in [3.8, 4) is 5.75 Å². The number of anilines is 1. The summed E-state index contributed by atoms with van der Waals surface area (Å²) in [7, 11) is 0. The van der Waals surface area contributed by atoms with Crippen LogP contribution < -0.4 is 10.1 Å². The molecule has 0 bridgehead atoms. The number of ether oxygens (including phenoxy) is 2. The standard InChI is InChI=1S/C23H37NO3/c1-5-7-10-15-23(4,26-16-6-2)22(25)24-19-13-14-21(18(3)17-19)27-20-11-8-9-12-20/h13-14,17,20H,5-12,15-16H2,1-4H3,(H,24,25)/t23-/m0/s1. The third-order valence-corrected chi connectivity index (χ3v) is 5.39. The number of hydrogen-bond donors (Lipinski definition) is 1. The first-order valence-electron chi connectivity index (χ1n) is 10.7. The summed E-state index contributed by atoms with van der Waals surface area (Å²) >= 11 is 0. The maximum absolute atomic E-state index is 12.9. The molecule has 0 aromatic heterocycles. The number of carbonyl (C=O) groups excluding carboxylic acids is 1. The zero-order valence-electron chi connectivity index (χ0n) is 17.6. The van der Waals surface area contributed by atoms with E-state index in [2.05, 4.69) is 19.2 Å². The summed E-state index contributed by atoms with van der Waals surface area (Å²) in [6.45, 7) is 8.79. The first kappa shape index (κ1) is 21.7. The topological polar surface area (TPSA) is 47.6 Å². The lowest BCUT2D eigenvalue weighted by molar-refractivity contribution is -0.140. The van der Waals surface area contributed by atoms with Gasteiger partial charge in [0.05, 0.1) is 6.10 Å². The second-order valence-electron chi connectivity index (χ2n) is 8.00. The Labute approximate surface area is 165 Å². The molecule has 0 heterocycles. The number of hydrogen-bond acceptors (Lipinski definition) is 3. The SMILES string of the molecule is CCCCC[C@](C)(OCCC)C(=O)Nc1ccc(OC2CCCC2)c(C)c1. The molecule has 1 aromatic carbocycles. The van der Waals surface area contributed by atoms with Gasteiger partial charge in [0, 0.05) is 12.3 Å². The molecular formula is C23H37NO3. The third-order valence-electron chi connectivity index (χ3n) is 5.39. The summed E-state index contributed by atoms with van der Waals surface area (Å²) in [6.07, 6.45) is 10.0. The number of carbonyl (C=O) groups is 1. The van der Waals surface area contributed by atoms with Crippen LogP contribution in [0.25, 0.3) is 0 Å². The molecule has 1 N–H and O–H groups in total. The molecule has 1 aliphatic rings. The quantitative estimate of drug-likeness (QED) is 0.481. The maximum Gasteiger partial charge on any atom is 0.256 e. The highest BCUT2D eigenvalue weighted by Gasteiger charge is 2.33. The fraction of sp³-hybridized carbons (Fsp3) is 0.696. The van der Waals surface area contributed by atoms with E-state index in [4.69, 9.17) is 9.47 Å². The fourth-order valence-corrected chi connectivity index (χ4v) is 3.60. The van der Waals surface area contributed by atoms with Gasteiger partial charge in [-0.2, -0.15) is 0 Å². The Morgan fingerprint density at radius 3 is 2.56 bits per heavy atom. The van der Waals surface area contributed by atoms with E-state index in [9.17, 15) is 4.79 Å². The number of unbranched alkanes of at least 4 members (excludes halogenated alkanes) is 2. The van der Waals surface area contributed by atoms with Crippen molar-refractivity contribution in [2.75, 3.05) is 11.9 Å². The molecule has 152 valence electrons. The van der Waals surface area contributed by atoms with Crippen molar-refractivity contribution < 1.29 is 14.3 Å². The summed E-state index contributed by atoms with van der Waals surface area (Å²) in [5.41, 5.74) is 1.08. The molecule has 1 saturated carbocycles. The van der Waals surface area contributed by atoms with Crippen molar-refractivity contribution in [2.24, 2.45) is 0 Å². The normalized spacial score (nSPS) is 16.9. The maximum atomic E-state index is 12.9. The van der Waals surface area contributed by atoms with E-state index in [1.165, 1.54) is 12.8 Å². The van der Waals surface area contributed by atoms with Crippen molar-refractivity contribution in [3.05, 3.63) is 23.8 Å². The van der Waals surface area contributed by atoms with Crippen molar-refractivity contribution >= 4 is 11.6 Å². The van der Waals surface area contributed by atoms with Crippen LogP contribution >= 0.6 is 0 Å². The van der Waals surface area contributed by atoms with Crippen molar-refractivity contribution in [1.29, 1.82) is 0 Å². The number of rotatable bonds is 11. The summed E-state index contributed by atoms with van der Waals surface area (Å²) < 4.78 is 12.1. The molecule has 1 fully saturated rings. The lowest BCUT2D eigenvalue weighted by atomic mass is 9.96. The minimum atomic E-state index is -0.780. The van der Waals surface area contributed by atoms with E-state index in [0.29, 0.717) is 12.7 Å². The number of benzene rings is 1. The summed E-state index contributed by atoms with van der Waals surface area (Å²) in [6, 6.07) is 5.90. The summed E-state index contributed by atoms with van der Waals surface area (Å²) in [5, 5.41) is 3.06. The molecule has 0 radical (unpaired) electrons. The Morgan fingerprint density at radius 1 is 1.19 bits per heavy atom. The fourth-order valence-electron chi connectivity index (χ4n) is 3.60. The van der Waals surface area contributed by atoms with Crippen LogP contribution in [0.3, 0.4) is 0 Å². The van der Waals surface area contributed by atoms with Crippen LogP contribution in [0.1, 0.15) is 84.1 Å². The van der Waals surface area contributed by atoms with Gasteiger partial charge in [0.2, 0.25) is 0 Å². The van der Waals surface area contributed by atoms with Gasteiger partial charge >= 0.3 is 0 Å². The van der Waals surface area contributed by atoms with Gasteiger partial charge in [0.25, 0.3) is 5.91 Å². The van der Waals surface area contributed by atoms with E-state index in [-0.39, 0.29) is 5.91 Å². The van der Waals surface area contributed by atoms with Crippen molar-refractivity contribution in [3.63, 3.8) is 0 Å². The molecule has 1 aromatic rings. The van der Waals surface area contributed by atoms with Crippen molar-refractivity contribution in [1.82, 2.24) is 0 Å². The van der Waals surface area contributed by atoms with Crippen LogP contribution in [0.15, 0.2) is 18.2 Å². The molecule has 0 unspecified atom stereocenters. The minimum Gasteiger partial charge on any atom is -0.490 e. The first-order valence-corrected chi connectivity index (χ1v) is 10.7. The molecule has 27 heavy (non-hydrogen) atoms. The Balaban J connectivity index is 2.01. The highest BCUT2D eigenvalue weighted by molar-refractivity contribution is 5.97. The largest absolute Gasteiger partial charge is 0.490 e. The third kappa shape index (κ3) is 6.53. The minimum absolute atomic E-state index is 0.0593. The van der Waals surface area contributed by atoms with Crippen LogP contribution in [-0.4, -0.2) is 24.2 Å². The van der Waals surface area contributed by atoms with Crippen molar-refractivity contribution in [2.45, 2.75) is 97.2 Å². The molecule has 0 spiro atoms. The Hall–Kier alpha value is -1.55. The molecule has 4 nitrogen and oxygen atoms in total. The molecular weight excluding hydrogens is 338 g/mol. The summed E-state index contributed by atoms with van der Waals surface area (Å²) in [5.74, 6) is 0.865. The molecule has 0 aliphatic heterocycles. The van der Waals surface area contributed by atoms with E-state index in [0.717, 1.165) is 61.9 Å². The second-order valence-corrected chi connectivity index (χ2v) is 8.00. The van der Waals surface area contributed by atoms with E-state index in [1.807, 2.05) is 32.0 Å². The van der Waals surface area contributed by atoms with E-state index in [1.54, 1.807) is 0 Å². The Morgan fingerprint density at radius 2 is 1.93 bits per heavy atom. The number of aryl methyl sites for hydroxylation is 1. The molecule has 1 aliphatic carbocycles. The predicted molar refractivity (Wildman–Crippen MR) is 111 cm³/mol. The van der Waals surface area contributed by atoms with Crippen LogP contribution in [-0.2, 0) is 9.53 Å². The highest BCUT2D eigenvalue weighted by Crippen LogP contribution is 2.29. The number of amides is 1. The lowest BCUT2D eigenvalue weighted by Crippen LogP contribution is -2.43. The van der Waals surface area contributed by atoms with E-state index < -0.39 is 5.60 Å².